The van der Waals surface area contributed by atoms with E-state index in [-0.39, 0.29) is 11.8 Å². The smallest absolute Gasteiger partial charge is 0.326 e. The number of likely N-dealkylation sites (tertiary alicyclic amines) is 1. The number of aromatic nitrogens is 1. The summed E-state index contributed by atoms with van der Waals surface area (Å²) in [5, 5.41) is 12.8. The van der Waals surface area contributed by atoms with Crippen LogP contribution in [0.2, 0.25) is 0 Å². The average Bonchev–Trinajstić information content (AvgIpc) is 3.25. The van der Waals surface area contributed by atoms with Gasteiger partial charge in [-0.15, -0.1) is 0 Å². The van der Waals surface area contributed by atoms with E-state index >= 15 is 0 Å². The Labute approximate surface area is 168 Å². The Morgan fingerprint density at radius 3 is 2.66 bits per heavy atom. The number of carbonyl (C=O) groups is 3. The van der Waals surface area contributed by atoms with Gasteiger partial charge in [0.2, 0.25) is 5.91 Å². The molecule has 156 valence electrons. The molecule has 0 saturated carbocycles. The second kappa shape index (κ2) is 8.23. The van der Waals surface area contributed by atoms with Crippen LogP contribution in [0.5, 0.6) is 0 Å². The number of rotatable bonds is 6. The van der Waals surface area contributed by atoms with Gasteiger partial charge in [0.05, 0.1) is 0 Å². The van der Waals surface area contributed by atoms with Gasteiger partial charge >= 0.3 is 5.97 Å². The first kappa shape index (κ1) is 20.8. The number of amides is 2. The van der Waals surface area contributed by atoms with Gasteiger partial charge in [0.15, 0.2) is 0 Å². The maximum Gasteiger partial charge on any atom is 0.326 e. The van der Waals surface area contributed by atoms with Crippen molar-refractivity contribution in [2.45, 2.75) is 45.2 Å². The molecule has 1 saturated heterocycles. The van der Waals surface area contributed by atoms with Gasteiger partial charge in [-0.05, 0) is 49.4 Å². The van der Waals surface area contributed by atoms with Crippen molar-refractivity contribution >= 4 is 28.7 Å². The highest BCUT2D eigenvalue weighted by Crippen LogP contribution is 2.22. The third-order valence-electron chi connectivity index (χ3n) is 5.37. The minimum atomic E-state index is -1.03. The van der Waals surface area contributed by atoms with Crippen molar-refractivity contribution in [3.05, 3.63) is 35.8 Å². The number of benzene rings is 1. The van der Waals surface area contributed by atoms with Crippen LogP contribution in [0.4, 0.5) is 4.39 Å². The number of carboxylic acid groups (broad SMARTS) is 1. The van der Waals surface area contributed by atoms with Crippen molar-refractivity contribution in [3.63, 3.8) is 0 Å². The summed E-state index contributed by atoms with van der Waals surface area (Å²) in [6, 6.07) is 4.19. The summed E-state index contributed by atoms with van der Waals surface area (Å²) < 4.78 is 15.2. The zero-order valence-corrected chi connectivity index (χ0v) is 16.8. The third-order valence-corrected chi connectivity index (χ3v) is 5.37. The van der Waals surface area contributed by atoms with Crippen molar-refractivity contribution in [3.8, 4) is 0 Å². The molecule has 1 aromatic carbocycles. The molecule has 1 aliphatic rings. The van der Waals surface area contributed by atoms with E-state index in [1.165, 1.54) is 17.0 Å². The molecule has 2 amide bonds. The molecule has 3 rings (SSSR count). The number of halogens is 1. The highest BCUT2D eigenvalue weighted by molar-refractivity contribution is 6.01. The van der Waals surface area contributed by atoms with Crippen molar-refractivity contribution in [1.29, 1.82) is 0 Å². The van der Waals surface area contributed by atoms with Gasteiger partial charge in [-0.3, -0.25) is 9.59 Å². The molecule has 2 N–H and O–H groups in total. The largest absolute Gasteiger partial charge is 0.480 e. The number of hydrogen-bond donors (Lipinski definition) is 2. The van der Waals surface area contributed by atoms with Gasteiger partial charge in [-0.1, -0.05) is 13.8 Å². The van der Waals surface area contributed by atoms with Gasteiger partial charge in [0.1, 0.15) is 23.6 Å². The Hall–Kier alpha value is -2.90. The lowest BCUT2D eigenvalue weighted by Crippen LogP contribution is -2.52. The normalized spacial score (nSPS) is 17.7. The van der Waals surface area contributed by atoms with Crippen LogP contribution in [0.15, 0.2) is 24.3 Å². The van der Waals surface area contributed by atoms with E-state index in [0.29, 0.717) is 42.4 Å². The van der Waals surface area contributed by atoms with E-state index in [2.05, 4.69) is 5.32 Å². The first-order valence-electron chi connectivity index (χ1n) is 9.78. The Morgan fingerprint density at radius 2 is 2.00 bits per heavy atom. The van der Waals surface area contributed by atoms with Gasteiger partial charge in [-0.25, -0.2) is 9.18 Å². The summed E-state index contributed by atoms with van der Waals surface area (Å²) in [5.41, 5.74) is 1.01. The first-order valence-corrected chi connectivity index (χ1v) is 9.78. The number of carboxylic acids is 1. The minimum Gasteiger partial charge on any atom is -0.480 e. The molecule has 29 heavy (non-hydrogen) atoms. The average molecular weight is 403 g/mol. The second-order valence-corrected chi connectivity index (χ2v) is 7.98. The van der Waals surface area contributed by atoms with Crippen molar-refractivity contribution in [1.82, 2.24) is 14.8 Å². The number of fused-ring (bicyclic) bond motifs is 1. The summed E-state index contributed by atoms with van der Waals surface area (Å²) in [4.78, 5) is 38.8. The summed E-state index contributed by atoms with van der Waals surface area (Å²) in [6.45, 7) is 4.24. The molecule has 2 unspecified atom stereocenters. The molecular formula is C21H26FN3O4. The Kier molecular flexibility index (Phi) is 5.91. The molecule has 1 aliphatic heterocycles. The van der Waals surface area contributed by atoms with Crippen LogP contribution in [-0.4, -0.2) is 51.0 Å². The van der Waals surface area contributed by atoms with Crippen LogP contribution in [0.1, 0.15) is 43.6 Å². The predicted molar refractivity (Wildman–Crippen MR) is 106 cm³/mol. The van der Waals surface area contributed by atoms with Crippen molar-refractivity contribution < 1.29 is 23.9 Å². The van der Waals surface area contributed by atoms with Crippen molar-refractivity contribution in [2.24, 2.45) is 13.0 Å². The maximum absolute atomic E-state index is 13.5. The standard InChI is InChI=1S/C21H26FN3O4/c1-12(2)9-15(20(27)25-8-4-5-17(25)21(28)29)23-19(26)18-11-13-10-14(22)6-7-16(13)24(18)3/h6-7,10-12,15,17H,4-5,8-9H2,1-3H3,(H,23,26)(H,28,29). The number of aryl methyl sites for hydroxylation is 1. The molecule has 2 aromatic rings. The molecule has 1 aromatic heterocycles. The topological polar surface area (TPSA) is 91.6 Å². The predicted octanol–water partition coefficient (Wildman–Crippen LogP) is 2.54. The molecule has 1 fully saturated rings. The van der Waals surface area contributed by atoms with E-state index in [0.717, 1.165) is 0 Å². The van der Waals surface area contributed by atoms with Gasteiger partial charge in [0.25, 0.3) is 5.91 Å². The van der Waals surface area contributed by atoms with Crippen LogP contribution in [0, 0.1) is 11.7 Å². The van der Waals surface area contributed by atoms with Crippen LogP contribution >= 0.6 is 0 Å². The number of carbonyl (C=O) groups excluding carboxylic acids is 2. The molecule has 2 atom stereocenters. The van der Waals surface area contributed by atoms with E-state index in [1.54, 1.807) is 23.7 Å². The Morgan fingerprint density at radius 1 is 1.28 bits per heavy atom. The number of nitrogens with zero attached hydrogens (tertiary/aromatic N) is 2. The first-order chi connectivity index (χ1) is 13.7. The number of aliphatic carboxylic acids is 1. The van der Waals surface area contributed by atoms with Crippen LogP contribution in [0.3, 0.4) is 0 Å². The quantitative estimate of drug-likeness (QED) is 0.775. The fourth-order valence-corrected chi connectivity index (χ4v) is 3.95. The Balaban J connectivity index is 1.85. The number of nitrogens with one attached hydrogen (secondary N) is 1. The summed E-state index contributed by atoms with van der Waals surface area (Å²) in [5.74, 6) is -2.12. The van der Waals surface area contributed by atoms with E-state index < -0.39 is 29.8 Å². The van der Waals surface area contributed by atoms with Gasteiger partial charge < -0.3 is 19.9 Å². The summed E-state index contributed by atoms with van der Waals surface area (Å²) >= 11 is 0. The lowest BCUT2D eigenvalue weighted by Gasteiger charge is -2.28. The molecule has 0 spiro atoms. The highest BCUT2D eigenvalue weighted by Gasteiger charge is 2.38. The molecule has 7 nitrogen and oxygen atoms in total. The highest BCUT2D eigenvalue weighted by atomic mass is 19.1. The monoisotopic (exact) mass is 403 g/mol. The minimum absolute atomic E-state index is 0.122. The maximum atomic E-state index is 13.5. The Bertz CT molecular complexity index is 953. The van der Waals surface area contributed by atoms with E-state index in [1.807, 2.05) is 13.8 Å². The molecular weight excluding hydrogens is 377 g/mol. The lowest BCUT2D eigenvalue weighted by atomic mass is 10.0. The van der Waals surface area contributed by atoms with Crippen LogP contribution in [-0.2, 0) is 16.6 Å². The zero-order valence-electron chi connectivity index (χ0n) is 16.8. The van der Waals surface area contributed by atoms with Crippen molar-refractivity contribution in [2.75, 3.05) is 6.54 Å². The lowest BCUT2D eigenvalue weighted by molar-refractivity contribution is -0.149. The van der Waals surface area contributed by atoms with E-state index in [9.17, 15) is 23.9 Å². The van der Waals surface area contributed by atoms with E-state index in [4.69, 9.17) is 0 Å². The van der Waals surface area contributed by atoms with Gasteiger partial charge in [0, 0.05) is 24.5 Å². The molecule has 0 bridgehead atoms. The molecule has 2 heterocycles. The number of hydrogen-bond acceptors (Lipinski definition) is 3. The van der Waals surface area contributed by atoms with Crippen LogP contribution in [0.25, 0.3) is 10.9 Å². The molecule has 0 aliphatic carbocycles. The summed E-state index contributed by atoms with van der Waals surface area (Å²) in [6.07, 6.45) is 1.43. The second-order valence-electron chi connectivity index (χ2n) is 7.98. The zero-order chi connectivity index (χ0) is 21.3. The summed E-state index contributed by atoms with van der Waals surface area (Å²) in [7, 11) is 1.70. The van der Waals surface area contributed by atoms with Gasteiger partial charge in [-0.2, -0.15) is 0 Å². The fourth-order valence-electron chi connectivity index (χ4n) is 3.95. The molecule has 8 heteroatoms. The fraction of sp³-hybridized carbons (Fsp3) is 0.476. The SMILES string of the molecule is CC(C)CC(NC(=O)c1cc2cc(F)ccc2n1C)C(=O)N1CCCC1C(=O)O. The van der Waals surface area contributed by atoms with Crippen LogP contribution < -0.4 is 5.32 Å². The third kappa shape index (κ3) is 4.26. The molecule has 0 radical (unpaired) electrons.